The maximum absolute atomic E-state index is 12.1. The summed E-state index contributed by atoms with van der Waals surface area (Å²) in [5, 5.41) is 4.91. The van der Waals surface area contributed by atoms with Crippen LogP contribution in [-0.2, 0) is 29.1 Å². The molecule has 0 atom stereocenters. The van der Waals surface area contributed by atoms with Gasteiger partial charge in [0.2, 0.25) is 10.0 Å². The van der Waals surface area contributed by atoms with E-state index >= 15 is 0 Å². The number of nitrogens with one attached hydrogen (secondary N) is 2. The first kappa shape index (κ1) is 20.1. The quantitative estimate of drug-likeness (QED) is 0.534. The van der Waals surface area contributed by atoms with Crippen molar-refractivity contribution in [3.8, 4) is 0 Å². The van der Waals surface area contributed by atoms with Gasteiger partial charge in [-0.2, -0.15) is 0 Å². The molecule has 0 bridgehead atoms. The van der Waals surface area contributed by atoms with E-state index in [4.69, 9.17) is 9.47 Å². The summed E-state index contributed by atoms with van der Waals surface area (Å²) in [6, 6.07) is 4.93. The van der Waals surface area contributed by atoms with Crippen molar-refractivity contribution in [2.24, 2.45) is 0 Å². The molecule has 9 nitrogen and oxygen atoms in total. The van der Waals surface area contributed by atoms with Gasteiger partial charge in [0.25, 0.3) is 0 Å². The lowest BCUT2D eigenvalue weighted by Gasteiger charge is -2.19. The number of sulfonamides is 1. The average Bonchev–Trinajstić information content (AvgIpc) is 2.96. The number of anilines is 2. The van der Waals surface area contributed by atoms with E-state index in [1.54, 1.807) is 25.1 Å². The van der Waals surface area contributed by atoms with Gasteiger partial charge in [-0.25, -0.2) is 8.42 Å². The number of ether oxygens (including phenoxy) is 2. The van der Waals surface area contributed by atoms with Gasteiger partial charge in [-0.1, -0.05) is 6.07 Å². The minimum atomic E-state index is -3.33. The smallest absolute Gasteiger partial charge is 0.313 e. The molecular formula is C16H23N3O6S. The van der Waals surface area contributed by atoms with Crippen LogP contribution < -0.4 is 14.9 Å². The Labute approximate surface area is 152 Å². The summed E-state index contributed by atoms with van der Waals surface area (Å²) in [7, 11) is -0.488. The number of benzene rings is 1. The van der Waals surface area contributed by atoms with E-state index in [0.717, 1.165) is 0 Å². The van der Waals surface area contributed by atoms with Crippen molar-refractivity contribution in [2.45, 2.75) is 19.6 Å². The molecule has 1 fully saturated rings. The number of aryl methyl sites for hydroxylation is 1. The number of nitrogens with zero attached hydrogens (tertiary/aromatic N) is 1. The Morgan fingerprint density at radius 2 is 1.92 bits per heavy atom. The third-order valence-electron chi connectivity index (χ3n) is 4.02. The Kier molecular flexibility index (Phi) is 6.57. The summed E-state index contributed by atoms with van der Waals surface area (Å²) in [6.07, 6.45) is -0.0994. The number of hydrogen-bond donors (Lipinski definition) is 2. The molecule has 2 amide bonds. The van der Waals surface area contributed by atoms with Crippen molar-refractivity contribution < 1.29 is 27.5 Å². The van der Waals surface area contributed by atoms with Crippen LogP contribution in [0.2, 0.25) is 0 Å². The first-order chi connectivity index (χ1) is 12.3. The van der Waals surface area contributed by atoms with Gasteiger partial charge in [0, 0.05) is 26.5 Å². The zero-order valence-electron chi connectivity index (χ0n) is 14.9. The van der Waals surface area contributed by atoms with Crippen LogP contribution in [0.1, 0.15) is 12.0 Å². The number of carbonyl (C=O) groups excluding carboxylic acids is 2. The lowest BCUT2D eigenvalue weighted by Crippen LogP contribution is -2.40. The fraction of sp³-hybridized carbons (Fsp3) is 0.500. The third kappa shape index (κ3) is 4.71. The second-order valence-electron chi connectivity index (χ2n) is 5.81. The molecule has 2 rings (SSSR count). The molecule has 26 heavy (non-hydrogen) atoms. The van der Waals surface area contributed by atoms with E-state index in [2.05, 4.69) is 10.6 Å². The highest BCUT2D eigenvalue weighted by Crippen LogP contribution is 2.28. The van der Waals surface area contributed by atoms with E-state index in [1.807, 2.05) is 0 Å². The van der Waals surface area contributed by atoms with Crippen LogP contribution in [0, 0.1) is 6.92 Å². The SMILES string of the molecule is COC(CNC(=O)C(=O)Nc1cc(N2CCCS2(=O)=O)ccc1C)OC. The van der Waals surface area contributed by atoms with E-state index in [1.165, 1.54) is 18.5 Å². The van der Waals surface area contributed by atoms with Crippen LogP contribution in [0.3, 0.4) is 0 Å². The van der Waals surface area contributed by atoms with Gasteiger partial charge < -0.3 is 20.1 Å². The molecule has 0 unspecified atom stereocenters. The largest absolute Gasteiger partial charge is 0.354 e. The van der Waals surface area contributed by atoms with Gasteiger partial charge in [-0.3, -0.25) is 13.9 Å². The average molecular weight is 385 g/mol. The van der Waals surface area contributed by atoms with Crippen molar-refractivity contribution >= 4 is 33.2 Å². The van der Waals surface area contributed by atoms with Gasteiger partial charge >= 0.3 is 11.8 Å². The van der Waals surface area contributed by atoms with E-state index in [-0.39, 0.29) is 12.3 Å². The monoisotopic (exact) mass is 385 g/mol. The van der Waals surface area contributed by atoms with Crippen molar-refractivity contribution in [3.05, 3.63) is 23.8 Å². The zero-order chi connectivity index (χ0) is 19.3. The number of hydrogen-bond acceptors (Lipinski definition) is 6. The number of methoxy groups -OCH3 is 2. The lowest BCUT2D eigenvalue weighted by atomic mass is 10.1. The Balaban J connectivity index is 2.08. The highest BCUT2D eigenvalue weighted by molar-refractivity contribution is 7.93. The Bertz CT molecular complexity index is 776. The second kappa shape index (κ2) is 8.47. The fourth-order valence-electron chi connectivity index (χ4n) is 2.53. The minimum absolute atomic E-state index is 0.0182. The third-order valence-corrected chi connectivity index (χ3v) is 5.89. The minimum Gasteiger partial charge on any atom is -0.354 e. The molecule has 0 spiro atoms. The molecular weight excluding hydrogens is 362 g/mol. The van der Waals surface area contributed by atoms with Gasteiger partial charge in [0.15, 0.2) is 6.29 Å². The van der Waals surface area contributed by atoms with Crippen LogP contribution in [0.4, 0.5) is 11.4 Å². The van der Waals surface area contributed by atoms with Gasteiger partial charge in [0.05, 0.1) is 18.0 Å². The summed E-state index contributed by atoms with van der Waals surface area (Å²) in [5.74, 6) is -1.60. The predicted octanol–water partition coefficient (Wildman–Crippen LogP) is 0.209. The molecule has 1 heterocycles. The van der Waals surface area contributed by atoms with Crippen LogP contribution in [0.25, 0.3) is 0 Å². The number of rotatable bonds is 6. The summed E-state index contributed by atoms with van der Waals surface area (Å²) in [5.41, 5.74) is 1.54. The van der Waals surface area contributed by atoms with Crippen LogP contribution in [-0.4, -0.2) is 59.6 Å². The van der Waals surface area contributed by atoms with Gasteiger partial charge in [-0.05, 0) is 31.0 Å². The first-order valence-corrected chi connectivity index (χ1v) is 9.65. The predicted molar refractivity (Wildman–Crippen MR) is 96.4 cm³/mol. The maximum atomic E-state index is 12.1. The molecule has 2 N–H and O–H groups in total. The van der Waals surface area contributed by atoms with E-state index in [0.29, 0.717) is 29.9 Å². The molecule has 1 aromatic rings. The van der Waals surface area contributed by atoms with Crippen LogP contribution >= 0.6 is 0 Å². The molecule has 144 valence electrons. The molecule has 1 aliphatic heterocycles. The molecule has 0 radical (unpaired) electrons. The molecule has 0 aliphatic carbocycles. The second-order valence-corrected chi connectivity index (χ2v) is 7.82. The van der Waals surface area contributed by atoms with Crippen molar-refractivity contribution in [1.82, 2.24) is 5.32 Å². The van der Waals surface area contributed by atoms with Crippen molar-refractivity contribution in [2.75, 3.05) is 42.7 Å². The standard InChI is InChI=1S/C16H23N3O6S/c1-11-5-6-12(19-7-4-8-26(19,22)23)9-13(11)18-16(21)15(20)17-10-14(24-2)25-3/h5-6,9,14H,4,7-8,10H2,1-3H3,(H,17,20)(H,18,21). The Hall–Kier alpha value is -2.17. The molecule has 0 saturated carbocycles. The topological polar surface area (TPSA) is 114 Å². The Morgan fingerprint density at radius 3 is 2.50 bits per heavy atom. The van der Waals surface area contributed by atoms with E-state index in [9.17, 15) is 18.0 Å². The number of amides is 2. The summed E-state index contributed by atoms with van der Waals surface area (Å²) in [6.45, 7) is 2.17. The fourth-order valence-corrected chi connectivity index (χ4v) is 4.08. The lowest BCUT2D eigenvalue weighted by molar-refractivity contribution is -0.139. The maximum Gasteiger partial charge on any atom is 0.313 e. The highest BCUT2D eigenvalue weighted by Gasteiger charge is 2.29. The zero-order valence-corrected chi connectivity index (χ0v) is 15.8. The first-order valence-electron chi connectivity index (χ1n) is 8.04. The van der Waals surface area contributed by atoms with Crippen LogP contribution in [0.15, 0.2) is 18.2 Å². The van der Waals surface area contributed by atoms with Gasteiger partial charge in [-0.15, -0.1) is 0 Å². The summed E-state index contributed by atoms with van der Waals surface area (Å²) in [4.78, 5) is 24.0. The van der Waals surface area contributed by atoms with Crippen LogP contribution in [0.5, 0.6) is 0 Å². The highest BCUT2D eigenvalue weighted by atomic mass is 32.2. The molecule has 1 saturated heterocycles. The number of carbonyl (C=O) groups is 2. The van der Waals surface area contributed by atoms with E-state index < -0.39 is 28.1 Å². The molecule has 10 heteroatoms. The summed E-state index contributed by atoms with van der Waals surface area (Å²) < 4.78 is 35.3. The normalized spacial score (nSPS) is 15.9. The molecule has 1 aromatic carbocycles. The summed E-state index contributed by atoms with van der Waals surface area (Å²) >= 11 is 0. The Morgan fingerprint density at radius 1 is 1.23 bits per heavy atom. The van der Waals surface area contributed by atoms with Gasteiger partial charge in [0.1, 0.15) is 0 Å². The van der Waals surface area contributed by atoms with Crippen molar-refractivity contribution in [3.63, 3.8) is 0 Å². The molecule has 1 aliphatic rings. The molecule has 0 aromatic heterocycles. The van der Waals surface area contributed by atoms with Crippen molar-refractivity contribution in [1.29, 1.82) is 0 Å².